The predicted octanol–water partition coefficient (Wildman–Crippen LogP) is 0.997. The highest BCUT2D eigenvalue weighted by Crippen LogP contribution is 2.09. The summed E-state index contributed by atoms with van der Waals surface area (Å²) in [7, 11) is 0. The molecule has 1 atom stereocenters. The van der Waals surface area contributed by atoms with E-state index < -0.39 is 6.04 Å². The lowest BCUT2D eigenvalue weighted by Gasteiger charge is -2.06. The molecule has 3 nitrogen and oxygen atoms in total. The highest BCUT2D eigenvalue weighted by Gasteiger charge is 2.06. The van der Waals surface area contributed by atoms with Crippen LogP contribution in [0.4, 0.5) is 0 Å². The standard InChI is InChI=1S/C9H8N2O/c10-6-9(11-7-12)8-4-2-1-3-5-8/h1-5,7,9H,(H,11,12)/t9-/m0/s1. The second kappa shape index (κ2) is 4.14. The van der Waals surface area contributed by atoms with Gasteiger partial charge in [-0.05, 0) is 5.56 Å². The molecule has 0 fully saturated rings. The van der Waals surface area contributed by atoms with Crippen molar-refractivity contribution in [3.05, 3.63) is 35.9 Å². The summed E-state index contributed by atoms with van der Waals surface area (Å²) in [6.45, 7) is 0. The quantitative estimate of drug-likeness (QED) is 0.670. The number of hydrogen-bond donors (Lipinski definition) is 1. The molecule has 0 aliphatic heterocycles. The van der Waals surface area contributed by atoms with Crippen LogP contribution in [-0.4, -0.2) is 6.41 Å². The van der Waals surface area contributed by atoms with Gasteiger partial charge in [-0.25, -0.2) is 0 Å². The molecule has 1 aromatic rings. The zero-order chi connectivity index (χ0) is 8.81. The Morgan fingerprint density at radius 3 is 2.58 bits per heavy atom. The highest BCUT2D eigenvalue weighted by atomic mass is 16.1. The first kappa shape index (κ1) is 8.28. The molecule has 0 aliphatic carbocycles. The topological polar surface area (TPSA) is 52.9 Å². The third kappa shape index (κ3) is 1.83. The maximum atomic E-state index is 10.1. The van der Waals surface area contributed by atoms with E-state index in [2.05, 4.69) is 5.32 Å². The van der Waals surface area contributed by atoms with Crippen LogP contribution < -0.4 is 5.32 Å². The van der Waals surface area contributed by atoms with Gasteiger partial charge in [-0.1, -0.05) is 30.3 Å². The molecule has 0 aliphatic rings. The van der Waals surface area contributed by atoms with Gasteiger partial charge in [0, 0.05) is 0 Å². The minimum absolute atomic E-state index is 0.529. The molecule has 1 rings (SSSR count). The number of benzene rings is 1. The number of nitrogens with one attached hydrogen (secondary N) is 1. The molecule has 1 aromatic carbocycles. The smallest absolute Gasteiger partial charge is 0.208 e. The van der Waals surface area contributed by atoms with E-state index in [0.29, 0.717) is 6.41 Å². The van der Waals surface area contributed by atoms with Gasteiger partial charge in [-0.15, -0.1) is 0 Å². The minimum Gasteiger partial charge on any atom is -0.339 e. The summed E-state index contributed by atoms with van der Waals surface area (Å²) < 4.78 is 0. The predicted molar refractivity (Wildman–Crippen MR) is 44.0 cm³/mol. The van der Waals surface area contributed by atoms with Crippen LogP contribution in [0.2, 0.25) is 0 Å². The SMILES string of the molecule is N#C[C@H](NC=O)c1ccccc1. The summed E-state index contributed by atoms with van der Waals surface area (Å²) >= 11 is 0. The van der Waals surface area contributed by atoms with Crippen LogP contribution in [0, 0.1) is 11.3 Å². The molecular weight excluding hydrogens is 152 g/mol. The van der Waals surface area contributed by atoms with Gasteiger partial charge in [0.05, 0.1) is 6.07 Å². The Bertz CT molecular complexity index is 289. The number of carbonyl (C=O) groups is 1. The van der Waals surface area contributed by atoms with E-state index in [4.69, 9.17) is 5.26 Å². The van der Waals surface area contributed by atoms with E-state index in [1.165, 1.54) is 0 Å². The molecule has 0 saturated carbocycles. The maximum absolute atomic E-state index is 10.1. The third-order valence-corrected chi connectivity index (χ3v) is 1.50. The number of rotatable bonds is 3. The molecule has 0 saturated heterocycles. The van der Waals surface area contributed by atoms with E-state index in [0.717, 1.165) is 5.56 Å². The lowest BCUT2D eigenvalue weighted by atomic mass is 10.1. The minimum atomic E-state index is -0.538. The first-order chi connectivity index (χ1) is 5.88. The van der Waals surface area contributed by atoms with Crippen LogP contribution in [-0.2, 0) is 4.79 Å². The average Bonchev–Trinajstić information content (AvgIpc) is 2.15. The fourth-order valence-corrected chi connectivity index (χ4v) is 0.922. The van der Waals surface area contributed by atoms with Gasteiger partial charge >= 0.3 is 0 Å². The first-order valence-corrected chi connectivity index (χ1v) is 3.52. The Morgan fingerprint density at radius 1 is 1.42 bits per heavy atom. The normalized spacial score (nSPS) is 11.2. The number of hydrogen-bond acceptors (Lipinski definition) is 2. The molecule has 0 spiro atoms. The summed E-state index contributed by atoms with van der Waals surface area (Å²) in [5.74, 6) is 0. The number of nitriles is 1. The van der Waals surface area contributed by atoms with Gasteiger partial charge < -0.3 is 5.32 Å². The van der Waals surface area contributed by atoms with Crippen molar-refractivity contribution in [2.75, 3.05) is 0 Å². The van der Waals surface area contributed by atoms with Crippen LogP contribution in [0.25, 0.3) is 0 Å². The van der Waals surface area contributed by atoms with E-state index in [-0.39, 0.29) is 0 Å². The highest BCUT2D eigenvalue weighted by molar-refractivity contribution is 5.49. The van der Waals surface area contributed by atoms with Crippen molar-refractivity contribution in [2.24, 2.45) is 0 Å². The summed E-state index contributed by atoms with van der Waals surface area (Å²) in [4.78, 5) is 10.1. The van der Waals surface area contributed by atoms with Crippen molar-refractivity contribution < 1.29 is 4.79 Å². The Kier molecular flexibility index (Phi) is 2.86. The van der Waals surface area contributed by atoms with Gasteiger partial charge in [0.25, 0.3) is 0 Å². The summed E-state index contributed by atoms with van der Waals surface area (Å²) in [5.41, 5.74) is 0.798. The average molecular weight is 160 g/mol. The molecule has 3 heteroatoms. The van der Waals surface area contributed by atoms with Crippen LogP contribution in [0.15, 0.2) is 30.3 Å². The molecule has 1 N–H and O–H groups in total. The Labute approximate surface area is 70.6 Å². The number of amides is 1. The van der Waals surface area contributed by atoms with Crippen molar-refractivity contribution in [3.8, 4) is 6.07 Å². The van der Waals surface area contributed by atoms with Crippen LogP contribution in [0.1, 0.15) is 11.6 Å². The van der Waals surface area contributed by atoms with E-state index in [1.807, 2.05) is 24.3 Å². The van der Waals surface area contributed by atoms with Gasteiger partial charge in [-0.3, -0.25) is 4.79 Å². The Morgan fingerprint density at radius 2 is 2.08 bits per heavy atom. The van der Waals surface area contributed by atoms with Crippen LogP contribution in [0.3, 0.4) is 0 Å². The largest absolute Gasteiger partial charge is 0.339 e. The zero-order valence-electron chi connectivity index (χ0n) is 6.40. The molecule has 0 heterocycles. The zero-order valence-corrected chi connectivity index (χ0v) is 6.40. The van der Waals surface area contributed by atoms with Crippen LogP contribution in [0.5, 0.6) is 0 Å². The molecule has 0 radical (unpaired) electrons. The van der Waals surface area contributed by atoms with E-state index >= 15 is 0 Å². The van der Waals surface area contributed by atoms with Gasteiger partial charge in [-0.2, -0.15) is 5.26 Å². The van der Waals surface area contributed by atoms with Crippen LogP contribution >= 0.6 is 0 Å². The molecule has 0 aromatic heterocycles. The molecule has 60 valence electrons. The summed E-state index contributed by atoms with van der Waals surface area (Å²) in [6, 6.07) is 10.5. The maximum Gasteiger partial charge on any atom is 0.208 e. The molecule has 0 unspecified atom stereocenters. The third-order valence-electron chi connectivity index (χ3n) is 1.50. The second-order valence-electron chi connectivity index (χ2n) is 2.26. The number of nitrogens with zero attached hydrogens (tertiary/aromatic N) is 1. The lowest BCUT2D eigenvalue weighted by molar-refractivity contribution is -0.109. The number of carbonyl (C=O) groups excluding carboxylic acids is 1. The molecular formula is C9H8N2O. The lowest BCUT2D eigenvalue weighted by Crippen LogP contribution is -2.17. The molecule has 1 amide bonds. The van der Waals surface area contributed by atoms with E-state index in [1.54, 1.807) is 12.1 Å². The Balaban J connectivity index is 2.82. The molecule has 12 heavy (non-hydrogen) atoms. The fourth-order valence-electron chi connectivity index (χ4n) is 0.922. The first-order valence-electron chi connectivity index (χ1n) is 3.52. The van der Waals surface area contributed by atoms with Gasteiger partial charge in [0.2, 0.25) is 6.41 Å². The summed E-state index contributed by atoms with van der Waals surface area (Å²) in [5, 5.41) is 11.0. The fraction of sp³-hybridized carbons (Fsp3) is 0.111. The van der Waals surface area contributed by atoms with Gasteiger partial charge in [0.15, 0.2) is 0 Å². The van der Waals surface area contributed by atoms with Gasteiger partial charge in [0.1, 0.15) is 6.04 Å². The van der Waals surface area contributed by atoms with Crippen molar-refractivity contribution >= 4 is 6.41 Å². The molecule has 0 bridgehead atoms. The summed E-state index contributed by atoms with van der Waals surface area (Å²) in [6.07, 6.45) is 0.529. The van der Waals surface area contributed by atoms with Crippen molar-refractivity contribution in [1.29, 1.82) is 5.26 Å². The van der Waals surface area contributed by atoms with E-state index in [9.17, 15) is 4.79 Å². The van der Waals surface area contributed by atoms with Crippen molar-refractivity contribution in [1.82, 2.24) is 5.32 Å². The Hall–Kier alpha value is -1.82. The van der Waals surface area contributed by atoms with Crippen molar-refractivity contribution in [2.45, 2.75) is 6.04 Å². The second-order valence-corrected chi connectivity index (χ2v) is 2.26. The monoisotopic (exact) mass is 160 g/mol. The van der Waals surface area contributed by atoms with Crippen molar-refractivity contribution in [3.63, 3.8) is 0 Å².